The summed E-state index contributed by atoms with van der Waals surface area (Å²) in [6.45, 7) is 6.17. The second-order valence-electron chi connectivity index (χ2n) is 5.04. The predicted molar refractivity (Wildman–Crippen MR) is 95.0 cm³/mol. The summed E-state index contributed by atoms with van der Waals surface area (Å²) in [6, 6.07) is 7.31. The lowest BCUT2D eigenvalue weighted by Gasteiger charge is -2.16. The number of carbonyl (C=O) groups is 1. The van der Waals surface area contributed by atoms with Gasteiger partial charge in [0.05, 0.1) is 20.0 Å². The van der Waals surface area contributed by atoms with Crippen molar-refractivity contribution >= 4 is 17.7 Å². The minimum Gasteiger partial charge on any atom is -0.497 e. The van der Waals surface area contributed by atoms with Crippen LogP contribution in [0.1, 0.15) is 18.9 Å². The Balaban J connectivity index is 2.14. The molecule has 0 N–H and O–H groups in total. The maximum absolute atomic E-state index is 11.3. The number of nitrogens with zero attached hydrogens (tertiary/aromatic N) is 3. The molecule has 1 unspecified atom stereocenters. The van der Waals surface area contributed by atoms with Gasteiger partial charge in [-0.15, -0.1) is 16.8 Å². The predicted octanol–water partition coefficient (Wildman–Crippen LogP) is 2.88. The summed E-state index contributed by atoms with van der Waals surface area (Å²) in [7, 11) is 2.97. The molecule has 1 aromatic carbocycles. The van der Waals surface area contributed by atoms with Crippen molar-refractivity contribution in [2.75, 3.05) is 20.0 Å². The number of aromatic nitrogens is 3. The smallest absolute Gasteiger partial charge is 0.316 e. The van der Waals surface area contributed by atoms with Crippen LogP contribution < -0.4 is 9.47 Å². The lowest BCUT2D eigenvalue weighted by atomic mass is 10.3. The third kappa shape index (κ3) is 4.99. The number of hydrogen-bond acceptors (Lipinski definition) is 7. The van der Waals surface area contributed by atoms with Gasteiger partial charge in [-0.3, -0.25) is 9.36 Å². The van der Waals surface area contributed by atoms with Gasteiger partial charge in [0.1, 0.15) is 11.5 Å². The molecule has 1 heterocycles. The van der Waals surface area contributed by atoms with Gasteiger partial charge >= 0.3 is 5.97 Å². The van der Waals surface area contributed by atoms with Gasteiger partial charge < -0.3 is 14.2 Å². The van der Waals surface area contributed by atoms with E-state index < -0.39 is 0 Å². The number of carbonyl (C=O) groups excluding carboxylic acids is 1. The van der Waals surface area contributed by atoms with Crippen molar-refractivity contribution in [1.29, 1.82) is 0 Å². The van der Waals surface area contributed by atoms with Gasteiger partial charge in [0.2, 0.25) is 0 Å². The first-order valence-corrected chi connectivity index (χ1v) is 8.62. The normalized spacial score (nSPS) is 11.6. The first-order valence-electron chi connectivity index (χ1n) is 7.63. The molecular weight excluding hydrogens is 342 g/mol. The van der Waals surface area contributed by atoms with Crippen LogP contribution in [0.2, 0.25) is 0 Å². The topological polar surface area (TPSA) is 75.5 Å². The lowest BCUT2D eigenvalue weighted by molar-refractivity contribution is -0.137. The molecule has 0 fully saturated rings. The van der Waals surface area contributed by atoms with Crippen LogP contribution in [0, 0.1) is 0 Å². The standard InChI is InChI=1S/C17H21N3O4S/c1-5-10-20-16(18-19-17(20)25-11-15(21)23-4)12(2)24-14-8-6-13(22-3)7-9-14/h5-9,12H,1,10-11H2,2-4H3. The largest absolute Gasteiger partial charge is 0.497 e. The number of benzene rings is 1. The van der Waals surface area contributed by atoms with Crippen LogP contribution >= 0.6 is 11.8 Å². The van der Waals surface area contributed by atoms with E-state index in [1.807, 2.05) is 35.8 Å². The summed E-state index contributed by atoms with van der Waals surface area (Å²) in [4.78, 5) is 11.3. The van der Waals surface area contributed by atoms with Crippen molar-refractivity contribution in [3.63, 3.8) is 0 Å². The molecule has 25 heavy (non-hydrogen) atoms. The van der Waals surface area contributed by atoms with Gasteiger partial charge in [0.15, 0.2) is 17.1 Å². The van der Waals surface area contributed by atoms with Crippen LogP contribution in [-0.4, -0.2) is 40.7 Å². The molecule has 0 aliphatic carbocycles. The van der Waals surface area contributed by atoms with Crippen molar-refractivity contribution in [2.45, 2.75) is 24.7 Å². The van der Waals surface area contributed by atoms with E-state index in [-0.39, 0.29) is 17.8 Å². The van der Waals surface area contributed by atoms with Crippen molar-refractivity contribution < 1.29 is 19.0 Å². The lowest BCUT2D eigenvalue weighted by Crippen LogP contribution is -2.12. The van der Waals surface area contributed by atoms with Crippen LogP contribution in [-0.2, 0) is 16.1 Å². The van der Waals surface area contributed by atoms with E-state index in [1.54, 1.807) is 13.2 Å². The fourth-order valence-electron chi connectivity index (χ4n) is 2.10. The molecule has 1 atom stereocenters. The fraction of sp³-hybridized carbons (Fsp3) is 0.353. The number of esters is 1. The van der Waals surface area contributed by atoms with Crippen molar-refractivity contribution in [1.82, 2.24) is 14.8 Å². The molecular formula is C17H21N3O4S. The van der Waals surface area contributed by atoms with Gasteiger partial charge in [-0.05, 0) is 31.2 Å². The van der Waals surface area contributed by atoms with E-state index >= 15 is 0 Å². The first-order chi connectivity index (χ1) is 12.1. The Morgan fingerprint density at radius 3 is 2.56 bits per heavy atom. The summed E-state index contributed by atoms with van der Waals surface area (Å²) in [5, 5.41) is 8.98. The van der Waals surface area contributed by atoms with Crippen LogP contribution in [0.15, 0.2) is 42.1 Å². The van der Waals surface area contributed by atoms with Gasteiger partial charge in [-0.1, -0.05) is 17.8 Å². The molecule has 0 aliphatic rings. The first kappa shape index (κ1) is 18.9. The Bertz CT molecular complexity index is 715. The number of hydrogen-bond donors (Lipinski definition) is 0. The molecule has 134 valence electrons. The zero-order chi connectivity index (χ0) is 18.2. The van der Waals surface area contributed by atoms with E-state index in [4.69, 9.17) is 9.47 Å². The summed E-state index contributed by atoms with van der Waals surface area (Å²) in [6.07, 6.45) is 1.42. The highest BCUT2D eigenvalue weighted by atomic mass is 32.2. The minimum atomic E-state index is -0.326. The number of allylic oxidation sites excluding steroid dienone is 1. The van der Waals surface area contributed by atoms with E-state index in [9.17, 15) is 4.79 Å². The van der Waals surface area contributed by atoms with Crippen molar-refractivity contribution in [3.8, 4) is 11.5 Å². The summed E-state index contributed by atoms with van der Waals surface area (Å²) in [5.74, 6) is 1.96. The average Bonchev–Trinajstić information content (AvgIpc) is 3.03. The Morgan fingerprint density at radius 1 is 1.28 bits per heavy atom. The monoisotopic (exact) mass is 363 g/mol. The SMILES string of the molecule is C=CCn1c(SCC(=O)OC)nnc1C(C)Oc1ccc(OC)cc1. The van der Waals surface area contributed by atoms with Gasteiger partial charge in [-0.25, -0.2) is 0 Å². The zero-order valence-electron chi connectivity index (χ0n) is 14.5. The molecule has 0 saturated heterocycles. The van der Waals surface area contributed by atoms with Gasteiger partial charge in [0, 0.05) is 6.54 Å². The molecule has 2 rings (SSSR count). The molecule has 0 radical (unpaired) electrons. The summed E-state index contributed by atoms with van der Waals surface area (Å²) in [5.41, 5.74) is 0. The molecule has 8 heteroatoms. The maximum atomic E-state index is 11.3. The Labute approximate surface area is 151 Å². The molecule has 1 aromatic heterocycles. The number of rotatable bonds is 9. The van der Waals surface area contributed by atoms with Gasteiger partial charge in [0.25, 0.3) is 0 Å². The quantitative estimate of drug-likeness (QED) is 0.385. The number of methoxy groups -OCH3 is 2. The van der Waals surface area contributed by atoms with E-state index in [0.29, 0.717) is 23.3 Å². The second kappa shape index (κ2) is 9.12. The maximum Gasteiger partial charge on any atom is 0.316 e. The molecule has 0 amide bonds. The Morgan fingerprint density at radius 2 is 1.96 bits per heavy atom. The highest BCUT2D eigenvalue weighted by Gasteiger charge is 2.19. The second-order valence-corrected chi connectivity index (χ2v) is 5.98. The highest BCUT2D eigenvalue weighted by molar-refractivity contribution is 7.99. The number of ether oxygens (including phenoxy) is 3. The number of thioether (sulfide) groups is 1. The summed E-state index contributed by atoms with van der Waals surface area (Å²) < 4.78 is 17.6. The van der Waals surface area contributed by atoms with E-state index in [0.717, 1.165) is 5.75 Å². The Hall–Kier alpha value is -2.48. The highest BCUT2D eigenvalue weighted by Crippen LogP contribution is 2.26. The fourth-order valence-corrected chi connectivity index (χ4v) is 2.89. The average molecular weight is 363 g/mol. The molecule has 0 spiro atoms. The molecule has 0 saturated carbocycles. The third-order valence-electron chi connectivity index (χ3n) is 3.34. The third-order valence-corrected chi connectivity index (χ3v) is 4.28. The van der Waals surface area contributed by atoms with Crippen LogP contribution in [0.5, 0.6) is 11.5 Å². The minimum absolute atomic E-state index is 0.166. The molecule has 0 aliphatic heterocycles. The van der Waals surface area contributed by atoms with Crippen LogP contribution in [0.3, 0.4) is 0 Å². The Kier molecular flexibility index (Phi) is 6.88. The summed E-state index contributed by atoms with van der Waals surface area (Å²) >= 11 is 1.26. The van der Waals surface area contributed by atoms with E-state index in [1.165, 1.54) is 18.9 Å². The molecule has 7 nitrogen and oxygen atoms in total. The van der Waals surface area contributed by atoms with Gasteiger partial charge in [-0.2, -0.15) is 0 Å². The van der Waals surface area contributed by atoms with Crippen molar-refractivity contribution in [3.05, 3.63) is 42.7 Å². The van der Waals surface area contributed by atoms with Crippen LogP contribution in [0.25, 0.3) is 0 Å². The molecule has 0 bridgehead atoms. The zero-order valence-corrected chi connectivity index (χ0v) is 15.3. The molecule has 2 aromatic rings. The van der Waals surface area contributed by atoms with Crippen molar-refractivity contribution in [2.24, 2.45) is 0 Å². The van der Waals surface area contributed by atoms with E-state index in [2.05, 4.69) is 21.5 Å². The van der Waals surface area contributed by atoms with Crippen LogP contribution in [0.4, 0.5) is 0 Å².